The largest absolute Gasteiger partial charge is 0.481 e. The summed E-state index contributed by atoms with van der Waals surface area (Å²) >= 11 is 1.12. The molecule has 1 saturated heterocycles. The summed E-state index contributed by atoms with van der Waals surface area (Å²) in [5, 5.41) is 8.86. The van der Waals surface area contributed by atoms with Gasteiger partial charge in [0, 0.05) is 11.4 Å². The van der Waals surface area contributed by atoms with Crippen LogP contribution in [-0.2, 0) is 14.3 Å². The number of benzene rings is 1. The summed E-state index contributed by atoms with van der Waals surface area (Å²) in [6, 6.07) is 5.80. The molecule has 1 atom stereocenters. The van der Waals surface area contributed by atoms with Gasteiger partial charge in [0.15, 0.2) is 0 Å². The number of hydrogen-bond acceptors (Lipinski definition) is 4. The van der Waals surface area contributed by atoms with Crippen LogP contribution in [0.25, 0.3) is 0 Å². The van der Waals surface area contributed by atoms with E-state index in [2.05, 4.69) is 0 Å². The molecule has 1 fully saturated rings. The fourth-order valence-corrected chi connectivity index (χ4v) is 2.96. The van der Waals surface area contributed by atoms with E-state index in [9.17, 15) is 14.0 Å². The van der Waals surface area contributed by atoms with Crippen LogP contribution in [-0.4, -0.2) is 53.4 Å². The first-order valence-corrected chi connectivity index (χ1v) is 7.53. The Balaban J connectivity index is 1.94. The predicted octanol–water partition coefficient (Wildman–Crippen LogP) is 1.62. The highest BCUT2D eigenvalue weighted by Gasteiger charge is 2.29. The Labute approximate surface area is 126 Å². The first-order chi connectivity index (χ1) is 10.1. The van der Waals surface area contributed by atoms with Crippen LogP contribution in [0.1, 0.15) is 6.42 Å². The highest BCUT2D eigenvalue weighted by atomic mass is 32.2. The molecular weight excluding hydrogens is 297 g/mol. The average Bonchev–Trinajstić information content (AvgIpc) is 2.46. The zero-order chi connectivity index (χ0) is 15.2. The van der Waals surface area contributed by atoms with Crippen LogP contribution in [0.3, 0.4) is 0 Å². The van der Waals surface area contributed by atoms with Gasteiger partial charge in [-0.1, -0.05) is 12.1 Å². The lowest BCUT2D eigenvalue weighted by molar-refractivity contribution is -0.144. The molecule has 1 aromatic rings. The van der Waals surface area contributed by atoms with Crippen molar-refractivity contribution in [2.75, 3.05) is 25.5 Å². The Morgan fingerprint density at radius 2 is 2.19 bits per heavy atom. The minimum absolute atomic E-state index is 0.0804. The molecule has 7 heteroatoms. The molecule has 0 aliphatic carbocycles. The lowest BCUT2D eigenvalue weighted by atomic mass is 10.1. The van der Waals surface area contributed by atoms with Gasteiger partial charge in [-0.25, -0.2) is 4.39 Å². The number of carboxylic acid groups (broad SMARTS) is 1. The Kier molecular flexibility index (Phi) is 5.58. The molecule has 1 unspecified atom stereocenters. The van der Waals surface area contributed by atoms with E-state index in [-0.39, 0.29) is 30.5 Å². The summed E-state index contributed by atoms with van der Waals surface area (Å²) in [5.74, 6) is -1.45. The highest BCUT2D eigenvalue weighted by Crippen LogP contribution is 2.22. The third kappa shape index (κ3) is 4.44. The monoisotopic (exact) mass is 313 g/mol. The molecule has 1 aromatic carbocycles. The van der Waals surface area contributed by atoms with Crippen LogP contribution in [0, 0.1) is 5.82 Å². The normalized spacial score (nSPS) is 18.5. The Bertz CT molecular complexity index is 525. The van der Waals surface area contributed by atoms with Crippen LogP contribution in [0.15, 0.2) is 29.2 Å². The van der Waals surface area contributed by atoms with Gasteiger partial charge in [0.05, 0.1) is 31.4 Å². The summed E-state index contributed by atoms with van der Waals surface area (Å²) in [6.45, 7) is 0.989. The van der Waals surface area contributed by atoms with Crippen molar-refractivity contribution in [3.8, 4) is 0 Å². The van der Waals surface area contributed by atoms with E-state index in [0.717, 1.165) is 11.8 Å². The molecule has 1 aliphatic heterocycles. The number of ether oxygens (including phenoxy) is 1. The van der Waals surface area contributed by atoms with Crippen molar-refractivity contribution in [3.63, 3.8) is 0 Å². The third-order valence-electron chi connectivity index (χ3n) is 3.15. The molecule has 1 N–H and O–H groups in total. The van der Waals surface area contributed by atoms with Crippen LogP contribution < -0.4 is 0 Å². The van der Waals surface area contributed by atoms with Crippen molar-refractivity contribution in [2.24, 2.45) is 0 Å². The molecule has 5 nitrogen and oxygen atoms in total. The summed E-state index contributed by atoms with van der Waals surface area (Å²) in [5.41, 5.74) is 0. The van der Waals surface area contributed by atoms with Gasteiger partial charge in [-0.15, -0.1) is 11.8 Å². The molecule has 0 spiro atoms. The average molecular weight is 313 g/mol. The number of carbonyl (C=O) groups is 2. The van der Waals surface area contributed by atoms with E-state index in [1.54, 1.807) is 18.2 Å². The van der Waals surface area contributed by atoms with Crippen molar-refractivity contribution < 1.29 is 23.8 Å². The molecule has 114 valence electrons. The molecule has 2 rings (SSSR count). The summed E-state index contributed by atoms with van der Waals surface area (Å²) in [6.07, 6.45) is -0.143. The SMILES string of the molecule is O=C(O)CC1COCCN1C(=O)CSc1ccccc1F. The number of nitrogens with zero attached hydrogens (tertiary/aromatic N) is 1. The molecule has 1 amide bonds. The maximum absolute atomic E-state index is 13.5. The second-order valence-electron chi connectivity index (χ2n) is 4.63. The fraction of sp³-hybridized carbons (Fsp3) is 0.429. The number of halogens is 1. The first kappa shape index (κ1) is 15.8. The van der Waals surface area contributed by atoms with E-state index in [4.69, 9.17) is 9.84 Å². The number of thioether (sulfide) groups is 1. The second-order valence-corrected chi connectivity index (χ2v) is 5.65. The van der Waals surface area contributed by atoms with Crippen LogP contribution in [0.2, 0.25) is 0 Å². The number of amides is 1. The molecule has 0 bridgehead atoms. The predicted molar refractivity (Wildman–Crippen MR) is 75.7 cm³/mol. The van der Waals surface area contributed by atoms with Gasteiger partial charge in [0.1, 0.15) is 5.82 Å². The topological polar surface area (TPSA) is 66.8 Å². The summed E-state index contributed by atoms with van der Waals surface area (Å²) < 4.78 is 18.7. The summed E-state index contributed by atoms with van der Waals surface area (Å²) in [4.78, 5) is 25.0. The lowest BCUT2D eigenvalue weighted by Gasteiger charge is -2.34. The lowest BCUT2D eigenvalue weighted by Crippen LogP contribution is -2.50. The number of carboxylic acids is 1. The molecule has 0 aromatic heterocycles. The van der Waals surface area contributed by atoms with E-state index in [0.29, 0.717) is 18.0 Å². The van der Waals surface area contributed by atoms with Crippen molar-refractivity contribution in [1.29, 1.82) is 0 Å². The zero-order valence-corrected chi connectivity index (χ0v) is 12.1. The van der Waals surface area contributed by atoms with Gasteiger partial charge in [0.25, 0.3) is 0 Å². The maximum atomic E-state index is 13.5. The molecule has 1 heterocycles. The Hall–Kier alpha value is -1.60. The van der Waals surface area contributed by atoms with Crippen LogP contribution >= 0.6 is 11.8 Å². The Morgan fingerprint density at radius 1 is 1.43 bits per heavy atom. The van der Waals surface area contributed by atoms with Gasteiger partial charge in [-0.2, -0.15) is 0 Å². The summed E-state index contributed by atoms with van der Waals surface area (Å²) in [7, 11) is 0. The fourth-order valence-electron chi connectivity index (χ4n) is 2.14. The molecule has 0 saturated carbocycles. The number of hydrogen-bond donors (Lipinski definition) is 1. The minimum atomic E-state index is -0.968. The molecular formula is C14H16FNO4S. The number of aliphatic carboxylic acids is 1. The number of rotatable bonds is 5. The molecule has 0 radical (unpaired) electrons. The maximum Gasteiger partial charge on any atom is 0.305 e. The van der Waals surface area contributed by atoms with Gasteiger partial charge >= 0.3 is 5.97 Å². The molecule has 1 aliphatic rings. The van der Waals surface area contributed by atoms with E-state index >= 15 is 0 Å². The van der Waals surface area contributed by atoms with Gasteiger partial charge in [-0.05, 0) is 12.1 Å². The van der Waals surface area contributed by atoms with Crippen molar-refractivity contribution in [3.05, 3.63) is 30.1 Å². The molecule has 21 heavy (non-hydrogen) atoms. The van der Waals surface area contributed by atoms with Crippen LogP contribution in [0.5, 0.6) is 0 Å². The quantitative estimate of drug-likeness (QED) is 0.837. The van der Waals surface area contributed by atoms with Crippen LogP contribution in [0.4, 0.5) is 4.39 Å². The zero-order valence-electron chi connectivity index (χ0n) is 11.3. The standard InChI is InChI=1S/C14H16FNO4S/c15-11-3-1-2-4-12(11)21-9-13(17)16-5-6-20-8-10(16)7-14(18)19/h1-4,10H,5-9H2,(H,18,19). The second kappa shape index (κ2) is 7.42. The van der Waals surface area contributed by atoms with Crippen molar-refractivity contribution in [2.45, 2.75) is 17.4 Å². The van der Waals surface area contributed by atoms with Crippen molar-refractivity contribution in [1.82, 2.24) is 4.90 Å². The highest BCUT2D eigenvalue weighted by molar-refractivity contribution is 8.00. The van der Waals surface area contributed by atoms with Gasteiger partial charge in [0.2, 0.25) is 5.91 Å². The van der Waals surface area contributed by atoms with Gasteiger partial charge < -0.3 is 14.7 Å². The van der Waals surface area contributed by atoms with E-state index in [1.165, 1.54) is 11.0 Å². The third-order valence-corrected chi connectivity index (χ3v) is 4.18. The number of carbonyl (C=O) groups excluding carboxylic acids is 1. The Morgan fingerprint density at radius 3 is 2.90 bits per heavy atom. The van der Waals surface area contributed by atoms with E-state index < -0.39 is 12.0 Å². The van der Waals surface area contributed by atoms with Crippen molar-refractivity contribution >= 4 is 23.6 Å². The number of morpholine rings is 1. The first-order valence-electron chi connectivity index (χ1n) is 6.54. The van der Waals surface area contributed by atoms with E-state index in [1.807, 2.05) is 0 Å². The minimum Gasteiger partial charge on any atom is -0.481 e. The smallest absolute Gasteiger partial charge is 0.305 e. The van der Waals surface area contributed by atoms with Gasteiger partial charge in [-0.3, -0.25) is 9.59 Å².